The molecule has 1 unspecified atom stereocenters. The lowest BCUT2D eigenvalue weighted by molar-refractivity contribution is 0.300. The van der Waals surface area contributed by atoms with Gasteiger partial charge in [-0.05, 0) is 24.1 Å². The molecular formula is C14H20BrN3O. The minimum atomic E-state index is 0.162. The fourth-order valence-corrected chi connectivity index (χ4v) is 2.75. The molecule has 0 aliphatic carbocycles. The minimum Gasteiger partial charge on any atom is -0.496 e. The number of rotatable bonds is 4. The van der Waals surface area contributed by atoms with Crippen molar-refractivity contribution in [3.05, 3.63) is 28.2 Å². The summed E-state index contributed by atoms with van der Waals surface area (Å²) in [7, 11) is 1.69. The predicted molar refractivity (Wildman–Crippen MR) is 81.5 cm³/mol. The van der Waals surface area contributed by atoms with Crippen molar-refractivity contribution in [2.45, 2.75) is 19.9 Å². The van der Waals surface area contributed by atoms with Crippen LogP contribution in [0, 0.1) is 5.92 Å². The van der Waals surface area contributed by atoms with E-state index in [2.05, 4.69) is 45.7 Å². The van der Waals surface area contributed by atoms with E-state index in [-0.39, 0.29) is 6.04 Å². The number of benzene rings is 1. The normalized spacial score (nSPS) is 18.9. The molecule has 19 heavy (non-hydrogen) atoms. The second-order valence-corrected chi connectivity index (χ2v) is 6.06. The van der Waals surface area contributed by atoms with Crippen molar-refractivity contribution in [1.29, 1.82) is 0 Å². The van der Waals surface area contributed by atoms with Gasteiger partial charge in [-0.3, -0.25) is 4.99 Å². The second-order valence-electron chi connectivity index (χ2n) is 5.15. The largest absolute Gasteiger partial charge is 0.496 e. The SMILES string of the molecule is COc1ccc(Br)cc1C1CN=C(N)N1CC(C)C. The molecule has 104 valence electrons. The Morgan fingerprint density at radius 1 is 1.53 bits per heavy atom. The number of guanidine groups is 1. The van der Waals surface area contributed by atoms with Crippen LogP contribution in [0.1, 0.15) is 25.5 Å². The van der Waals surface area contributed by atoms with Gasteiger partial charge in [-0.2, -0.15) is 0 Å². The Bertz CT molecular complexity index is 488. The van der Waals surface area contributed by atoms with Crippen molar-refractivity contribution in [2.75, 3.05) is 20.2 Å². The molecule has 4 nitrogen and oxygen atoms in total. The highest BCUT2D eigenvalue weighted by Crippen LogP contribution is 2.34. The molecule has 0 saturated heterocycles. The molecule has 0 saturated carbocycles. The van der Waals surface area contributed by atoms with Gasteiger partial charge in [0.25, 0.3) is 0 Å². The van der Waals surface area contributed by atoms with Gasteiger partial charge >= 0.3 is 0 Å². The number of methoxy groups -OCH3 is 1. The third-order valence-corrected chi connectivity index (χ3v) is 3.70. The molecule has 0 spiro atoms. The first-order valence-electron chi connectivity index (χ1n) is 6.43. The lowest BCUT2D eigenvalue weighted by Gasteiger charge is -2.29. The van der Waals surface area contributed by atoms with E-state index in [1.165, 1.54) is 0 Å². The van der Waals surface area contributed by atoms with Crippen LogP contribution in [0.4, 0.5) is 0 Å². The summed E-state index contributed by atoms with van der Waals surface area (Å²) in [5.41, 5.74) is 7.13. The molecule has 0 bridgehead atoms. The molecule has 2 rings (SSSR count). The average Bonchev–Trinajstić information content (AvgIpc) is 2.70. The van der Waals surface area contributed by atoms with E-state index in [0.717, 1.165) is 22.3 Å². The lowest BCUT2D eigenvalue weighted by atomic mass is 10.0. The van der Waals surface area contributed by atoms with E-state index in [9.17, 15) is 0 Å². The maximum Gasteiger partial charge on any atom is 0.191 e. The summed E-state index contributed by atoms with van der Waals surface area (Å²) >= 11 is 3.52. The van der Waals surface area contributed by atoms with Gasteiger partial charge in [0.1, 0.15) is 5.75 Å². The summed E-state index contributed by atoms with van der Waals surface area (Å²) in [6.07, 6.45) is 0. The number of halogens is 1. The highest BCUT2D eigenvalue weighted by atomic mass is 79.9. The Balaban J connectivity index is 2.33. The number of aliphatic imine (C=N–C) groups is 1. The third kappa shape index (κ3) is 3.03. The van der Waals surface area contributed by atoms with Crippen LogP contribution in [0.15, 0.2) is 27.7 Å². The van der Waals surface area contributed by atoms with Gasteiger partial charge in [0.2, 0.25) is 0 Å². The summed E-state index contributed by atoms with van der Waals surface area (Å²) < 4.78 is 6.50. The van der Waals surface area contributed by atoms with Gasteiger partial charge in [-0.25, -0.2) is 0 Å². The van der Waals surface area contributed by atoms with Crippen molar-refractivity contribution < 1.29 is 4.74 Å². The predicted octanol–water partition coefficient (Wildman–Crippen LogP) is 2.79. The highest BCUT2D eigenvalue weighted by molar-refractivity contribution is 9.10. The fraction of sp³-hybridized carbons (Fsp3) is 0.500. The standard InChI is InChI=1S/C14H20BrN3O/c1-9(2)8-18-12(7-17-14(18)16)11-6-10(15)4-5-13(11)19-3/h4-6,9,12H,7-8H2,1-3H3,(H2,16,17). The quantitative estimate of drug-likeness (QED) is 0.926. The molecule has 2 N–H and O–H groups in total. The summed E-state index contributed by atoms with van der Waals surface area (Å²) in [5.74, 6) is 2.04. The first-order valence-corrected chi connectivity index (χ1v) is 7.22. The Labute approximate surface area is 122 Å². The van der Waals surface area contributed by atoms with Crippen molar-refractivity contribution >= 4 is 21.9 Å². The Morgan fingerprint density at radius 3 is 2.89 bits per heavy atom. The molecule has 0 amide bonds. The van der Waals surface area contributed by atoms with Crippen LogP contribution < -0.4 is 10.5 Å². The van der Waals surface area contributed by atoms with Gasteiger partial charge < -0.3 is 15.4 Å². The average molecular weight is 326 g/mol. The summed E-state index contributed by atoms with van der Waals surface area (Å²) in [6.45, 7) is 5.95. The van der Waals surface area contributed by atoms with Gasteiger partial charge in [0.05, 0.1) is 19.7 Å². The van der Waals surface area contributed by atoms with Crippen molar-refractivity contribution in [3.63, 3.8) is 0 Å². The van der Waals surface area contributed by atoms with E-state index in [4.69, 9.17) is 10.5 Å². The van der Waals surface area contributed by atoms with E-state index in [1.54, 1.807) is 7.11 Å². The first-order chi connectivity index (χ1) is 9.02. The van der Waals surface area contributed by atoms with Gasteiger partial charge in [-0.15, -0.1) is 0 Å². The molecule has 1 heterocycles. The molecule has 1 atom stereocenters. The second kappa shape index (κ2) is 5.82. The zero-order chi connectivity index (χ0) is 14.0. The van der Waals surface area contributed by atoms with Crippen molar-refractivity contribution in [1.82, 2.24) is 4.90 Å². The lowest BCUT2D eigenvalue weighted by Crippen LogP contribution is -2.38. The van der Waals surface area contributed by atoms with Crippen molar-refractivity contribution in [2.24, 2.45) is 16.6 Å². The monoisotopic (exact) mass is 325 g/mol. The van der Waals surface area contributed by atoms with Gasteiger partial charge in [0, 0.05) is 16.6 Å². The molecule has 0 radical (unpaired) electrons. The molecule has 1 aliphatic rings. The third-order valence-electron chi connectivity index (χ3n) is 3.21. The molecular weight excluding hydrogens is 306 g/mol. The molecule has 1 aliphatic heterocycles. The number of nitrogens with zero attached hydrogens (tertiary/aromatic N) is 2. The first kappa shape index (κ1) is 14.2. The van der Waals surface area contributed by atoms with Crippen molar-refractivity contribution in [3.8, 4) is 5.75 Å². The van der Waals surface area contributed by atoms with E-state index in [1.807, 2.05) is 12.1 Å². The Morgan fingerprint density at radius 2 is 2.26 bits per heavy atom. The zero-order valence-corrected chi connectivity index (χ0v) is 13.1. The maximum absolute atomic E-state index is 6.01. The number of hydrogen-bond donors (Lipinski definition) is 1. The fourth-order valence-electron chi connectivity index (χ4n) is 2.38. The molecule has 5 heteroatoms. The van der Waals surface area contributed by atoms with Crippen LogP contribution in [-0.2, 0) is 0 Å². The molecule has 0 fully saturated rings. The Hall–Kier alpha value is -1.23. The van der Waals surface area contributed by atoms with Crippen LogP contribution in [0.25, 0.3) is 0 Å². The smallest absolute Gasteiger partial charge is 0.191 e. The zero-order valence-electron chi connectivity index (χ0n) is 11.6. The van der Waals surface area contributed by atoms with Gasteiger partial charge in [0.15, 0.2) is 5.96 Å². The number of nitrogens with two attached hydrogens (primary N) is 1. The maximum atomic E-state index is 6.01. The highest BCUT2D eigenvalue weighted by Gasteiger charge is 2.30. The van der Waals surface area contributed by atoms with E-state index < -0.39 is 0 Å². The van der Waals surface area contributed by atoms with E-state index >= 15 is 0 Å². The molecule has 1 aromatic rings. The summed E-state index contributed by atoms with van der Waals surface area (Å²) in [6, 6.07) is 6.20. The molecule has 0 aromatic heterocycles. The minimum absolute atomic E-state index is 0.162. The summed E-state index contributed by atoms with van der Waals surface area (Å²) in [4.78, 5) is 6.54. The van der Waals surface area contributed by atoms with E-state index in [0.29, 0.717) is 18.4 Å². The number of ether oxygens (including phenoxy) is 1. The molecule has 1 aromatic carbocycles. The van der Waals surface area contributed by atoms with Crippen LogP contribution in [0.3, 0.4) is 0 Å². The van der Waals surface area contributed by atoms with Crippen LogP contribution >= 0.6 is 15.9 Å². The van der Waals surface area contributed by atoms with Crippen LogP contribution in [0.5, 0.6) is 5.75 Å². The van der Waals surface area contributed by atoms with Gasteiger partial charge in [-0.1, -0.05) is 29.8 Å². The topological polar surface area (TPSA) is 50.9 Å². The van der Waals surface area contributed by atoms with Crippen LogP contribution in [-0.4, -0.2) is 31.1 Å². The Kier molecular flexibility index (Phi) is 4.34. The van der Waals surface area contributed by atoms with Crippen LogP contribution in [0.2, 0.25) is 0 Å². The summed E-state index contributed by atoms with van der Waals surface area (Å²) in [5, 5.41) is 0. The number of hydrogen-bond acceptors (Lipinski definition) is 4.